The molecule has 23 heavy (non-hydrogen) atoms. The first-order valence-electron chi connectivity index (χ1n) is 7.96. The van der Waals surface area contributed by atoms with Crippen molar-refractivity contribution >= 4 is 17.4 Å². The van der Waals surface area contributed by atoms with Gasteiger partial charge in [-0.3, -0.25) is 0 Å². The zero-order chi connectivity index (χ0) is 16.0. The van der Waals surface area contributed by atoms with Gasteiger partial charge in [0.2, 0.25) is 0 Å². The van der Waals surface area contributed by atoms with Crippen LogP contribution in [0.3, 0.4) is 0 Å². The van der Waals surface area contributed by atoms with Crippen molar-refractivity contribution in [3.8, 4) is 0 Å². The second-order valence-electron chi connectivity index (χ2n) is 6.56. The molecule has 0 aromatic carbocycles. The average molecular weight is 333 g/mol. The molecule has 2 aromatic heterocycles. The summed E-state index contributed by atoms with van der Waals surface area (Å²) >= 11 is 5.82. The van der Waals surface area contributed by atoms with Crippen LogP contribution in [0.15, 0.2) is 18.5 Å². The molecule has 0 bridgehead atoms. The van der Waals surface area contributed by atoms with Crippen LogP contribution in [0.1, 0.15) is 36.3 Å². The molecule has 1 aliphatic carbocycles. The minimum Gasteiger partial charge on any atom is -0.353 e. The molecule has 1 fully saturated rings. The van der Waals surface area contributed by atoms with Crippen molar-refractivity contribution in [2.24, 2.45) is 0 Å². The fourth-order valence-corrected chi connectivity index (χ4v) is 4.12. The topological polar surface area (TPSA) is 41.9 Å². The quantitative estimate of drug-likeness (QED) is 0.802. The Kier molecular flexibility index (Phi) is 3.48. The van der Waals surface area contributed by atoms with E-state index in [1.165, 1.54) is 17.8 Å². The largest absolute Gasteiger partial charge is 0.353 e. The highest BCUT2D eigenvalue weighted by atomic mass is 35.5. The van der Waals surface area contributed by atoms with Crippen LogP contribution in [0.4, 0.5) is 10.2 Å². The van der Waals surface area contributed by atoms with Crippen LogP contribution in [0.5, 0.6) is 0 Å². The number of aromatic nitrogens is 3. The zero-order valence-electron chi connectivity index (χ0n) is 13.0. The van der Waals surface area contributed by atoms with Gasteiger partial charge in [-0.1, -0.05) is 11.6 Å². The fraction of sp³-hybridized carbons (Fsp3) is 0.471. The third-order valence-electron chi connectivity index (χ3n) is 5.03. The highest BCUT2D eigenvalue weighted by molar-refractivity contribution is 6.30. The van der Waals surface area contributed by atoms with E-state index in [-0.39, 0.29) is 11.2 Å². The third kappa shape index (κ3) is 2.47. The monoisotopic (exact) mass is 332 g/mol. The molecule has 1 atom stereocenters. The smallest absolute Gasteiger partial charge is 0.167 e. The molecule has 3 heterocycles. The summed E-state index contributed by atoms with van der Waals surface area (Å²) in [5, 5.41) is 0.326. The van der Waals surface area contributed by atoms with E-state index in [0.717, 1.165) is 50.3 Å². The van der Waals surface area contributed by atoms with Crippen molar-refractivity contribution in [1.29, 1.82) is 0 Å². The molecule has 0 amide bonds. The number of hydrogen-bond acceptors (Lipinski definition) is 4. The summed E-state index contributed by atoms with van der Waals surface area (Å²) in [6, 6.07) is 1.33. The second-order valence-corrected chi connectivity index (χ2v) is 6.99. The lowest BCUT2D eigenvalue weighted by atomic mass is 9.77. The molecule has 0 saturated carbocycles. The number of hydrogen-bond donors (Lipinski definition) is 0. The third-order valence-corrected chi connectivity index (χ3v) is 5.23. The van der Waals surface area contributed by atoms with Crippen LogP contribution in [-0.2, 0) is 11.8 Å². The van der Waals surface area contributed by atoms with E-state index in [4.69, 9.17) is 16.6 Å². The Morgan fingerprint density at radius 3 is 2.96 bits per heavy atom. The summed E-state index contributed by atoms with van der Waals surface area (Å²) in [5.74, 6) is 0.845. The van der Waals surface area contributed by atoms with Gasteiger partial charge in [0.1, 0.15) is 5.82 Å². The van der Waals surface area contributed by atoms with Crippen molar-refractivity contribution in [3.05, 3.63) is 46.4 Å². The Morgan fingerprint density at radius 2 is 2.13 bits per heavy atom. The number of nitrogens with zero attached hydrogens (tertiary/aromatic N) is 4. The molecule has 0 radical (unpaired) electrons. The van der Waals surface area contributed by atoms with Crippen molar-refractivity contribution in [2.45, 2.75) is 38.0 Å². The SMILES string of the molecule is Cc1ncc2c(n1)C1(CCCN(c3ncc(Cl)cc3F)C1)CC2. The summed E-state index contributed by atoms with van der Waals surface area (Å²) in [7, 11) is 0. The van der Waals surface area contributed by atoms with Gasteiger partial charge >= 0.3 is 0 Å². The maximum Gasteiger partial charge on any atom is 0.167 e. The van der Waals surface area contributed by atoms with Gasteiger partial charge in [0.05, 0.1) is 10.7 Å². The second kappa shape index (κ2) is 5.41. The number of piperidine rings is 1. The lowest BCUT2D eigenvalue weighted by Gasteiger charge is -2.41. The van der Waals surface area contributed by atoms with Crippen molar-refractivity contribution in [3.63, 3.8) is 0 Å². The van der Waals surface area contributed by atoms with E-state index in [1.807, 2.05) is 18.0 Å². The molecular weight excluding hydrogens is 315 g/mol. The Hall–Kier alpha value is -1.75. The van der Waals surface area contributed by atoms with Crippen LogP contribution in [0.2, 0.25) is 5.02 Å². The van der Waals surface area contributed by atoms with Gasteiger partial charge in [-0.05, 0) is 44.2 Å². The normalized spacial score (nSPS) is 23.3. The van der Waals surface area contributed by atoms with Gasteiger partial charge in [-0.25, -0.2) is 19.3 Å². The highest BCUT2D eigenvalue weighted by Crippen LogP contribution is 2.44. The van der Waals surface area contributed by atoms with E-state index in [1.54, 1.807) is 0 Å². The van der Waals surface area contributed by atoms with Crippen molar-refractivity contribution in [2.75, 3.05) is 18.0 Å². The first-order chi connectivity index (χ1) is 11.1. The van der Waals surface area contributed by atoms with E-state index >= 15 is 0 Å². The molecule has 1 unspecified atom stereocenters. The van der Waals surface area contributed by atoms with Gasteiger partial charge < -0.3 is 4.90 Å². The van der Waals surface area contributed by atoms with Crippen LogP contribution < -0.4 is 4.90 Å². The molecule has 1 saturated heterocycles. The molecular formula is C17H18ClFN4. The number of rotatable bonds is 1. The van der Waals surface area contributed by atoms with E-state index in [2.05, 4.69) is 9.97 Å². The van der Waals surface area contributed by atoms with Gasteiger partial charge in [0, 0.05) is 30.9 Å². The highest BCUT2D eigenvalue weighted by Gasteiger charge is 2.44. The Balaban J connectivity index is 1.70. The molecule has 120 valence electrons. The number of aryl methyl sites for hydroxylation is 2. The molecule has 2 aromatic rings. The Bertz CT molecular complexity index is 762. The molecule has 1 aliphatic heterocycles. The van der Waals surface area contributed by atoms with Crippen molar-refractivity contribution in [1.82, 2.24) is 15.0 Å². The van der Waals surface area contributed by atoms with Crippen LogP contribution in [0.25, 0.3) is 0 Å². The number of halogens is 2. The minimum atomic E-state index is -0.355. The lowest BCUT2D eigenvalue weighted by Crippen LogP contribution is -2.46. The lowest BCUT2D eigenvalue weighted by molar-refractivity contribution is 0.331. The van der Waals surface area contributed by atoms with E-state index in [0.29, 0.717) is 10.8 Å². The summed E-state index contributed by atoms with van der Waals surface area (Å²) in [5.41, 5.74) is 2.39. The fourth-order valence-electron chi connectivity index (χ4n) is 3.98. The van der Waals surface area contributed by atoms with Gasteiger partial charge in [-0.15, -0.1) is 0 Å². The number of anilines is 1. The number of pyridine rings is 1. The first kappa shape index (κ1) is 14.8. The number of fused-ring (bicyclic) bond motifs is 2. The zero-order valence-corrected chi connectivity index (χ0v) is 13.8. The Morgan fingerprint density at radius 1 is 1.26 bits per heavy atom. The molecule has 4 rings (SSSR count). The molecule has 2 aliphatic rings. The van der Waals surface area contributed by atoms with Crippen LogP contribution in [0, 0.1) is 12.7 Å². The first-order valence-corrected chi connectivity index (χ1v) is 8.34. The molecule has 6 heteroatoms. The molecule has 1 spiro atoms. The van der Waals surface area contributed by atoms with Gasteiger partial charge in [0.15, 0.2) is 11.6 Å². The Labute approximate surface area is 139 Å². The van der Waals surface area contributed by atoms with Crippen molar-refractivity contribution < 1.29 is 4.39 Å². The molecule has 4 nitrogen and oxygen atoms in total. The average Bonchev–Trinajstić information content (AvgIpc) is 2.85. The standard InChI is InChI=1S/C17H18ClFN4/c1-11-20-8-12-3-5-17(15(12)22-11)4-2-6-23(10-17)16-14(19)7-13(18)9-21-16/h7-9H,2-6,10H2,1H3. The molecule has 0 N–H and O–H groups in total. The maximum atomic E-state index is 14.3. The predicted molar refractivity (Wildman–Crippen MR) is 87.4 cm³/mol. The minimum absolute atomic E-state index is 0.00492. The van der Waals surface area contributed by atoms with Crippen LogP contribution >= 0.6 is 11.6 Å². The maximum absolute atomic E-state index is 14.3. The predicted octanol–water partition coefficient (Wildman–Crippen LogP) is 3.46. The van der Waals surface area contributed by atoms with Crippen LogP contribution in [-0.4, -0.2) is 28.0 Å². The van der Waals surface area contributed by atoms with Gasteiger partial charge in [0.25, 0.3) is 0 Å². The van der Waals surface area contributed by atoms with E-state index < -0.39 is 0 Å². The summed E-state index contributed by atoms with van der Waals surface area (Å²) in [6.07, 6.45) is 7.60. The van der Waals surface area contributed by atoms with E-state index in [9.17, 15) is 4.39 Å². The summed E-state index contributed by atoms with van der Waals surface area (Å²) in [6.45, 7) is 3.49. The summed E-state index contributed by atoms with van der Waals surface area (Å²) < 4.78 is 14.3. The van der Waals surface area contributed by atoms with Gasteiger partial charge in [-0.2, -0.15) is 0 Å². The summed E-state index contributed by atoms with van der Waals surface area (Å²) in [4.78, 5) is 15.3.